The molecule has 168 valence electrons. The van der Waals surface area contributed by atoms with Gasteiger partial charge >= 0.3 is 0 Å². The molecule has 0 aromatic carbocycles. The summed E-state index contributed by atoms with van der Waals surface area (Å²) in [4.78, 5) is 26.2. The third kappa shape index (κ3) is 4.25. The van der Waals surface area contributed by atoms with E-state index in [9.17, 15) is 4.79 Å². The molecular weight excluding hydrogens is 430 g/mol. The van der Waals surface area contributed by atoms with E-state index in [2.05, 4.69) is 20.2 Å². The fourth-order valence-electron chi connectivity index (χ4n) is 4.02. The van der Waals surface area contributed by atoms with E-state index < -0.39 is 0 Å². The Morgan fingerprint density at radius 1 is 1.34 bits per heavy atom. The molecule has 0 spiro atoms. The van der Waals surface area contributed by atoms with E-state index in [-0.39, 0.29) is 12.0 Å². The van der Waals surface area contributed by atoms with Crippen LogP contribution in [0.4, 0.5) is 5.82 Å². The van der Waals surface area contributed by atoms with Crippen LogP contribution in [0.1, 0.15) is 6.92 Å². The number of nitrogens with one attached hydrogen (secondary N) is 2. The molecule has 2 aliphatic heterocycles. The molecule has 3 aromatic rings. The SMILES string of the molecule is CSc1cc2c(c(-c3c[nH]c4cnc(NC(C)=O)cc34)n1)OCC(CN1CCOCC1)O2. The molecule has 5 heterocycles. The van der Waals surface area contributed by atoms with E-state index in [1.807, 2.05) is 24.6 Å². The van der Waals surface area contributed by atoms with Crippen molar-refractivity contribution < 1.29 is 19.0 Å². The zero-order chi connectivity index (χ0) is 22.1. The number of anilines is 1. The Labute approximate surface area is 189 Å². The average molecular weight is 456 g/mol. The summed E-state index contributed by atoms with van der Waals surface area (Å²) < 4.78 is 18.0. The van der Waals surface area contributed by atoms with Gasteiger partial charge in [-0.05, 0) is 12.3 Å². The molecule has 1 amide bonds. The van der Waals surface area contributed by atoms with Gasteiger partial charge in [0, 0.05) is 49.8 Å². The van der Waals surface area contributed by atoms with Crippen molar-refractivity contribution in [1.29, 1.82) is 0 Å². The van der Waals surface area contributed by atoms with Crippen LogP contribution in [0.3, 0.4) is 0 Å². The summed E-state index contributed by atoms with van der Waals surface area (Å²) in [5.74, 6) is 1.66. The number of pyridine rings is 2. The highest BCUT2D eigenvalue weighted by Crippen LogP contribution is 2.44. The van der Waals surface area contributed by atoms with Crippen LogP contribution in [0.5, 0.6) is 11.5 Å². The van der Waals surface area contributed by atoms with Crippen LogP contribution in [0.25, 0.3) is 22.2 Å². The van der Waals surface area contributed by atoms with Crippen molar-refractivity contribution in [3.63, 3.8) is 0 Å². The van der Waals surface area contributed by atoms with Gasteiger partial charge in [-0.25, -0.2) is 9.97 Å². The lowest BCUT2D eigenvalue weighted by atomic mass is 10.1. The Morgan fingerprint density at radius 2 is 2.19 bits per heavy atom. The number of aromatic nitrogens is 3. The Kier molecular flexibility index (Phi) is 5.90. The van der Waals surface area contributed by atoms with Gasteiger partial charge in [-0.2, -0.15) is 0 Å². The molecule has 2 aliphatic rings. The summed E-state index contributed by atoms with van der Waals surface area (Å²) in [7, 11) is 0. The summed E-state index contributed by atoms with van der Waals surface area (Å²) in [6.07, 6.45) is 5.52. The lowest BCUT2D eigenvalue weighted by Crippen LogP contribution is -2.45. The number of hydrogen-bond donors (Lipinski definition) is 2. The van der Waals surface area contributed by atoms with Crippen molar-refractivity contribution in [2.24, 2.45) is 0 Å². The number of carbonyl (C=O) groups excluding carboxylic acids is 1. The normalized spacial score (nSPS) is 18.6. The molecule has 9 nitrogen and oxygen atoms in total. The van der Waals surface area contributed by atoms with Gasteiger partial charge in [-0.3, -0.25) is 9.69 Å². The van der Waals surface area contributed by atoms with Gasteiger partial charge < -0.3 is 24.5 Å². The minimum Gasteiger partial charge on any atom is -0.484 e. The number of ether oxygens (including phenoxy) is 3. The van der Waals surface area contributed by atoms with Crippen molar-refractivity contribution in [2.45, 2.75) is 18.1 Å². The Hall–Kier alpha value is -2.82. The maximum Gasteiger partial charge on any atom is 0.222 e. The molecule has 5 rings (SSSR count). The summed E-state index contributed by atoms with van der Waals surface area (Å²) in [5, 5.41) is 4.48. The van der Waals surface area contributed by atoms with Crippen LogP contribution < -0.4 is 14.8 Å². The standard InChI is InChI=1S/C22H25N5O4S/c1-13(28)25-19-7-15-16(9-23-17(15)10-24-19)21-22-18(8-20(26-21)32-2)31-14(12-30-22)11-27-3-5-29-6-4-27/h7-10,14,23H,3-6,11-12H2,1-2H3,(H,24,25,28). The number of fused-ring (bicyclic) bond motifs is 2. The predicted molar refractivity (Wildman–Crippen MR) is 123 cm³/mol. The number of thioether (sulfide) groups is 1. The van der Waals surface area contributed by atoms with Gasteiger partial charge in [0.05, 0.1) is 24.9 Å². The largest absolute Gasteiger partial charge is 0.484 e. The van der Waals surface area contributed by atoms with Crippen molar-refractivity contribution in [2.75, 3.05) is 51.0 Å². The molecule has 0 aliphatic carbocycles. The van der Waals surface area contributed by atoms with Crippen molar-refractivity contribution in [3.8, 4) is 22.8 Å². The van der Waals surface area contributed by atoms with E-state index in [1.54, 1.807) is 18.0 Å². The first-order chi connectivity index (χ1) is 15.6. The highest BCUT2D eigenvalue weighted by atomic mass is 32.2. The van der Waals surface area contributed by atoms with Crippen LogP contribution in [-0.2, 0) is 9.53 Å². The highest BCUT2D eigenvalue weighted by molar-refractivity contribution is 7.98. The minimum absolute atomic E-state index is 0.0518. The van der Waals surface area contributed by atoms with Crippen molar-refractivity contribution in [1.82, 2.24) is 19.9 Å². The van der Waals surface area contributed by atoms with Crippen LogP contribution in [-0.4, -0.2) is 77.6 Å². The number of carbonyl (C=O) groups is 1. The molecule has 1 fully saturated rings. The zero-order valence-corrected chi connectivity index (χ0v) is 18.8. The van der Waals surface area contributed by atoms with Crippen LogP contribution >= 0.6 is 11.8 Å². The number of aromatic amines is 1. The number of hydrogen-bond acceptors (Lipinski definition) is 8. The summed E-state index contributed by atoms with van der Waals surface area (Å²) >= 11 is 1.55. The fourth-order valence-corrected chi connectivity index (χ4v) is 4.43. The first-order valence-corrected chi connectivity index (χ1v) is 11.8. The third-order valence-electron chi connectivity index (χ3n) is 5.52. The van der Waals surface area contributed by atoms with E-state index in [1.165, 1.54) is 6.92 Å². The molecule has 1 saturated heterocycles. The van der Waals surface area contributed by atoms with Gasteiger partial charge in [0.1, 0.15) is 29.2 Å². The van der Waals surface area contributed by atoms with Crippen molar-refractivity contribution >= 4 is 34.4 Å². The lowest BCUT2D eigenvalue weighted by molar-refractivity contribution is -0.114. The zero-order valence-electron chi connectivity index (χ0n) is 18.0. The van der Waals surface area contributed by atoms with Crippen molar-refractivity contribution in [3.05, 3.63) is 24.5 Å². The average Bonchev–Trinajstić information content (AvgIpc) is 3.21. The number of nitrogens with zero attached hydrogens (tertiary/aromatic N) is 3. The molecule has 10 heteroatoms. The highest BCUT2D eigenvalue weighted by Gasteiger charge is 2.29. The summed E-state index contributed by atoms with van der Waals surface area (Å²) in [6, 6.07) is 3.78. The predicted octanol–water partition coefficient (Wildman–Crippen LogP) is 2.78. The summed E-state index contributed by atoms with van der Waals surface area (Å²) in [5.41, 5.74) is 2.43. The van der Waals surface area contributed by atoms with E-state index >= 15 is 0 Å². The van der Waals surface area contributed by atoms with Crippen LogP contribution in [0.15, 0.2) is 29.6 Å². The van der Waals surface area contributed by atoms with E-state index in [4.69, 9.17) is 19.2 Å². The third-order valence-corrected chi connectivity index (χ3v) is 6.15. The van der Waals surface area contributed by atoms with Gasteiger partial charge in [-0.1, -0.05) is 0 Å². The molecule has 32 heavy (non-hydrogen) atoms. The van der Waals surface area contributed by atoms with Crippen LogP contribution in [0.2, 0.25) is 0 Å². The van der Waals surface area contributed by atoms with Gasteiger partial charge in [0.15, 0.2) is 11.5 Å². The molecule has 2 N–H and O–H groups in total. The number of H-pyrrole nitrogens is 1. The monoisotopic (exact) mass is 455 g/mol. The van der Waals surface area contributed by atoms with E-state index in [0.29, 0.717) is 29.6 Å². The quantitative estimate of drug-likeness (QED) is 0.567. The Morgan fingerprint density at radius 3 is 2.97 bits per heavy atom. The van der Waals surface area contributed by atoms with Gasteiger partial charge in [0.2, 0.25) is 5.91 Å². The minimum atomic E-state index is -0.170. The molecule has 1 atom stereocenters. The second-order valence-electron chi connectivity index (χ2n) is 7.80. The van der Waals surface area contributed by atoms with Gasteiger partial charge in [-0.15, -0.1) is 11.8 Å². The Balaban J connectivity index is 1.49. The summed E-state index contributed by atoms with van der Waals surface area (Å²) in [6.45, 7) is 6.04. The topological polar surface area (TPSA) is 102 Å². The molecule has 3 aromatic heterocycles. The first-order valence-electron chi connectivity index (χ1n) is 10.5. The maximum atomic E-state index is 11.5. The molecule has 1 unspecified atom stereocenters. The van der Waals surface area contributed by atoms with Gasteiger partial charge in [0.25, 0.3) is 0 Å². The molecular formula is C22H25N5O4S. The number of rotatable bonds is 5. The second kappa shape index (κ2) is 8.97. The maximum absolute atomic E-state index is 11.5. The molecule has 0 saturated carbocycles. The smallest absolute Gasteiger partial charge is 0.222 e. The second-order valence-corrected chi connectivity index (χ2v) is 8.63. The Bertz CT molecular complexity index is 1140. The molecule has 0 bridgehead atoms. The lowest BCUT2D eigenvalue weighted by Gasteiger charge is -2.33. The fraction of sp³-hybridized carbons (Fsp3) is 0.409. The first kappa shape index (κ1) is 21.0. The number of morpholine rings is 1. The van der Waals surface area contributed by atoms with Crippen LogP contribution in [0, 0.1) is 0 Å². The molecule has 0 radical (unpaired) electrons. The number of amides is 1. The van der Waals surface area contributed by atoms with E-state index in [0.717, 1.165) is 54.3 Å².